The summed E-state index contributed by atoms with van der Waals surface area (Å²) in [5.74, 6) is -8.15. The third-order valence-electron chi connectivity index (χ3n) is 4.94. The zero-order valence-corrected chi connectivity index (χ0v) is 17.8. The van der Waals surface area contributed by atoms with E-state index in [1.165, 1.54) is 0 Å². The Labute approximate surface area is 181 Å². The quantitative estimate of drug-likeness (QED) is 0.452. The Balaban J connectivity index is 1.90. The van der Waals surface area contributed by atoms with Gasteiger partial charge in [0.15, 0.2) is 23.1 Å². The van der Waals surface area contributed by atoms with Crippen LogP contribution in [0, 0.1) is 23.3 Å². The van der Waals surface area contributed by atoms with Gasteiger partial charge in [0.25, 0.3) is 0 Å². The van der Waals surface area contributed by atoms with Crippen molar-refractivity contribution in [3.05, 3.63) is 47.5 Å². The van der Waals surface area contributed by atoms with Gasteiger partial charge >= 0.3 is 0 Å². The molecule has 1 aliphatic rings. The van der Waals surface area contributed by atoms with Gasteiger partial charge in [0.2, 0.25) is 20.0 Å². The van der Waals surface area contributed by atoms with E-state index in [1.807, 2.05) is 0 Å². The number of phenols is 2. The first-order valence-electron chi connectivity index (χ1n) is 9.22. The molecule has 3 rings (SSSR count). The predicted molar refractivity (Wildman–Crippen MR) is 103 cm³/mol. The smallest absolute Gasteiger partial charge is 0.244 e. The molecule has 0 unspecified atom stereocenters. The summed E-state index contributed by atoms with van der Waals surface area (Å²) in [5.41, 5.74) is 0. The lowest BCUT2D eigenvalue weighted by molar-refractivity contribution is 0.338. The van der Waals surface area contributed by atoms with Crippen LogP contribution >= 0.6 is 0 Å². The number of halogens is 4. The Hall–Kier alpha value is -2.42. The maximum absolute atomic E-state index is 13.6. The Bertz CT molecular complexity index is 1160. The van der Waals surface area contributed by atoms with E-state index in [0.717, 1.165) is 0 Å². The molecule has 8 nitrogen and oxygen atoms in total. The molecule has 176 valence electrons. The minimum atomic E-state index is -4.69. The molecule has 0 aliphatic heterocycles. The van der Waals surface area contributed by atoms with Crippen molar-refractivity contribution in [2.45, 2.75) is 47.6 Å². The highest BCUT2D eigenvalue weighted by molar-refractivity contribution is 7.90. The highest BCUT2D eigenvalue weighted by Gasteiger charge is 2.35. The van der Waals surface area contributed by atoms with Crippen LogP contribution in [0.5, 0.6) is 11.5 Å². The molecule has 0 heterocycles. The van der Waals surface area contributed by atoms with Gasteiger partial charge in [-0.2, -0.15) is 0 Å². The fourth-order valence-electron chi connectivity index (χ4n) is 3.43. The van der Waals surface area contributed by atoms with Crippen LogP contribution in [-0.4, -0.2) is 39.1 Å². The van der Waals surface area contributed by atoms with Crippen molar-refractivity contribution in [1.82, 2.24) is 9.44 Å². The molecule has 0 bridgehead atoms. The van der Waals surface area contributed by atoms with E-state index in [1.54, 1.807) is 0 Å². The third-order valence-corrected chi connectivity index (χ3v) is 7.95. The highest BCUT2D eigenvalue weighted by Crippen LogP contribution is 2.31. The molecule has 4 N–H and O–H groups in total. The SMILES string of the molecule is O=S(=O)(N[C@@H]1CCCC[C@H]1NS(=O)(=O)c1cc(F)cc(F)c1O)c1cc(F)cc(F)c1O. The van der Waals surface area contributed by atoms with Gasteiger partial charge in [-0.05, 0) is 25.0 Å². The van der Waals surface area contributed by atoms with Gasteiger partial charge < -0.3 is 10.2 Å². The molecular formula is C18H18F4N2O6S2. The fourth-order valence-corrected chi connectivity index (χ4v) is 6.29. The molecule has 0 amide bonds. The summed E-state index contributed by atoms with van der Waals surface area (Å²) in [4.78, 5) is -2.15. The molecule has 1 saturated carbocycles. The van der Waals surface area contributed by atoms with Crippen molar-refractivity contribution >= 4 is 20.0 Å². The maximum Gasteiger partial charge on any atom is 0.244 e. The average molecular weight is 498 g/mol. The van der Waals surface area contributed by atoms with Gasteiger partial charge in [-0.3, -0.25) is 0 Å². The molecule has 1 fully saturated rings. The minimum Gasteiger partial charge on any atom is -0.504 e. The van der Waals surface area contributed by atoms with Gasteiger partial charge in [0.05, 0.1) is 0 Å². The number of benzene rings is 2. The van der Waals surface area contributed by atoms with Crippen molar-refractivity contribution in [2.75, 3.05) is 0 Å². The Kier molecular flexibility index (Phi) is 6.70. The summed E-state index contributed by atoms with van der Waals surface area (Å²) >= 11 is 0. The number of aromatic hydroxyl groups is 2. The predicted octanol–water partition coefficient (Wildman–Crippen LogP) is 2.22. The maximum atomic E-state index is 13.6. The topological polar surface area (TPSA) is 133 Å². The summed E-state index contributed by atoms with van der Waals surface area (Å²) in [6, 6.07) is -0.885. The van der Waals surface area contributed by atoms with Gasteiger partial charge in [-0.25, -0.2) is 43.8 Å². The van der Waals surface area contributed by atoms with Crippen molar-refractivity contribution in [3.8, 4) is 11.5 Å². The van der Waals surface area contributed by atoms with Crippen LogP contribution in [0.25, 0.3) is 0 Å². The zero-order valence-electron chi connectivity index (χ0n) is 16.1. The summed E-state index contributed by atoms with van der Waals surface area (Å²) in [6.07, 6.45) is 1.15. The van der Waals surface area contributed by atoms with E-state index >= 15 is 0 Å². The van der Waals surface area contributed by atoms with Crippen molar-refractivity contribution in [2.24, 2.45) is 0 Å². The van der Waals surface area contributed by atoms with Crippen LogP contribution in [0.2, 0.25) is 0 Å². The molecule has 14 heteroatoms. The number of hydrogen-bond donors (Lipinski definition) is 4. The lowest BCUT2D eigenvalue weighted by atomic mass is 9.92. The van der Waals surface area contributed by atoms with Gasteiger partial charge in [0.1, 0.15) is 21.4 Å². The van der Waals surface area contributed by atoms with Crippen LogP contribution in [-0.2, 0) is 20.0 Å². The second-order valence-electron chi connectivity index (χ2n) is 7.21. The molecular weight excluding hydrogens is 480 g/mol. The number of nitrogens with one attached hydrogen (secondary N) is 2. The Morgan fingerprint density at radius 1 is 0.688 bits per heavy atom. The third kappa shape index (κ3) is 4.98. The minimum absolute atomic E-state index is 0.106. The molecule has 0 saturated heterocycles. The van der Waals surface area contributed by atoms with E-state index in [-0.39, 0.29) is 25.0 Å². The van der Waals surface area contributed by atoms with Crippen LogP contribution in [0.1, 0.15) is 25.7 Å². The van der Waals surface area contributed by atoms with Crippen molar-refractivity contribution in [1.29, 1.82) is 0 Å². The Morgan fingerprint density at radius 3 is 1.38 bits per heavy atom. The normalized spacial score (nSPS) is 19.8. The lowest BCUT2D eigenvalue weighted by Crippen LogP contribution is -2.53. The second kappa shape index (κ2) is 8.84. The standard InChI is InChI=1S/C18H18F4N2O6S2/c19-9-5-11(21)17(25)15(7-9)31(27,28)23-13-3-1-2-4-14(13)24-32(29,30)16-8-10(20)6-12(22)18(16)26/h5-8,13-14,23-26H,1-4H2/t13-,14-/m1/s1. The number of phenolic OH excluding ortho intramolecular Hbond substituents is 2. The largest absolute Gasteiger partial charge is 0.504 e. The monoisotopic (exact) mass is 498 g/mol. The first-order chi connectivity index (χ1) is 14.8. The second-order valence-corrected chi connectivity index (χ2v) is 10.6. The molecule has 0 radical (unpaired) electrons. The van der Waals surface area contributed by atoms with Gasteiger partial charge in [0, 0.05) is 24.2 Å². The Morgan fingerprint density at radius 2 is 1.03 bits per heavy atom. The van der Waals surface area contributed by atoms with E-state index < -0.39 is 76.7 Å². The van der Waals surface area contributed by atoms with Crippen molar-refractivity contribution < 1.29 is 44.6 Å². The lowest BCUT2D eigenvalue weighted by Gasteiger charge is -2.32. The molecule has 32 heavy (non-hydrogen) atoms. The highest BCUT2D eigenvalue weighted by atomic mass is 32.2. The van der Waals surface area contributed by atoms with E-state index in [9.17, 15) is 44.6 Å². The first kappa shape index (κ1) is 24.2. The summed E-state index contributed by atoms with van der Waals surface area (Å²) < 4.78 is 109. The summed E-state index contributed by atoms with van der Waals surface area (Å²) in [5, 5.41) is 19.4. The summed E-state index contributed by atoms with van der Waals surface area (Å²) in [7, 11) is -9.39. The summed E-state index contributed by atoms with van der Waals surface area (Å²) in [6.45, 7) is 0. The average Bonchev–Trinajstić information content (AvgIpc) is 2.68. The van der Waals surface area contributed by atoms with Crippen LogP contribution < -0.4 is 9.44 Å². The molecule has 2 atom stereocenters. The van der Waals surface area contributed by atoms with Crippen molar-refractivity contribution in [3.63, 3.8) is 0 Å². The fraction of sp³-hybridized carbons (Fsp3) is 0.333. The van der Waals surface area contributed by atoms with Crippen LogP contribution in [0.4, 0.5) is 17.6 Å². The van der Waals surface area contributed by atoms with E-state index in [0.29, 0.717) is 25.0 Å². The number of rotatable bonds is 6. The molecule has 0 aromatic heterocycles. The number of hydrogen-bond acceptors (Lipinski definition) is 6. The number of sulfonamides is 2. The van der Waals surface area contributed by atoms with Crippen LogP contribution in [0.15, 0.2) is 34.1 Å². The van der Waals surface area contributed by atoms with E-state index in [2.05, 4.69) is 9.44 Å². The van der Waals surface area contributed by atoms with E-state index in [4.69, 9.17) is 0 Å². The molecule has 2 aromatic carbocycles. The van der Waals surface area contributed by atoms with Gasteiger partial charge in [-0.1, -0.05) is 12.8 Å². The first-order valence-corrected chi connectivity index (χ1v) is 12.2. The van der Waals surface area contributed by atoms with Gasteiger partial charge in [-0.15, -0.1) is 0 Å². The molecule has 0 spiro atoms. The molecule has 1 aliphatic carbocycles. The van der Waals surface area contributed by atoms with Crippen LogP contribution in [0.3, 0.4) is 0 Å². The zero-order chi connectivity index (χ0) is 23.8. The molecule has 2 aromatic rings.